The first-order chi connectivity index (χ1) is 27.6. The minimum Gasteiger partial charge on any atom is -0.309 e. The van der Waals surface area contributed by atoms with E-state index in [1.807, 2.05) is 84.9 Å². The molecule has 0 saturated heterocycles. The van der Waals surface area contributed by atoms with Crippen LogP contribution >= 0.6 is 0 Å². The van der Waals surface area contributed by atoms with Crippen LogP contribution in [0.2, 0.25) is 0 Å². The van der Waals surface area contributed by atoms with Crippen molar-refractivity contribution in [3.8, 4) is 57.2 Å². The van der Waals surface area contributed by atoms with E-state index in [9.17, 15) is 10.5 Å². The van der Waals surface area contributed by atoms with Crippen molar-refractivity contribution in [2.45, 2.75) is 0 Å². The number of nitrogens with zero attached hydrogens (tertiary/aromatic N) is 6. The third kappa shape index (κ3) is 5.20. The van der Waals surface area contributed by atoms with E-state index in [0.717, 1.165) is 83.2 Å². The van der Waals surface area contributed by atoms with Gasteiger partial charge in [-0.1, -0.05) is 72.8 Å². The number of para-hydroxylation sites is 3. The minimum absolute atomic E-state index is 0.549. The van der Waals surface area contributed by atoms with E-state index in [4.69, 9.17) is 11.6 Å². The van der Waals surface area contributed by atoms with Crippen LogP contribution in [0.1, 0.15) is 11.1 Å². The van der Waals surface area contributed by atoms with Gasteiger partial charge in [-0.15, -0.1) is 0 Å². The Morgan fingerprint density at radius 1 is 0.446 bits per heavy atom. The molecule has 0 aliphatic carbocycles. The molecule has 0 bridgehead atoms. The van der Waals surface area contributed by atoms with E-state index in [2.05, 4.69) is 111 Å². The Hall–Kier alpha value is -8.24. The molecule has 0 amide bonds. The van der Waals surface area contributed by atoms with Crippen LogP contribution in [0, 0.1) is 29.2 Å². The summed E-state index contributed by atoms with van der Waals surface area (Å²) >= 11 is 0. The monoisotopic (exact) mass is 712 g/mol. The lowest BCUT2D eigenvalue weighted by Gasteiger charge is -2.15. The van der Waals surface area contributed by atoms with Crippen LogP contribution in [0.3, 0.4) is 0 Å². The summed E-state index contributed by atoms with van der Waals surface area (Å²) in [5.74, 6) is 0. The molecule has 10 rings (SSSR count). The maximum Gasteiger partial charge on any atom is 0.196 e. The van der Waals surface area contributed by atoms with Gasteiger partial charge < -0.3 is 9.13 Å². The summed E-state index contributed by atoms with van der Waals surface area (Å²) in [6.45, 7) is 7.78. The summed E-state index contributed by atoms with van der Waals surface area (Å²) in [6.07, 6.45) is 0. The SMILES string of the molecule is [C-]#[N+]c1ccccc1-c1cccc(-c2cc(-c3ccc4c(c3)c3ccccc3n4-c3ccccc3)cc(-n3c4ccc(C#N)cc4c4cc(C#N)ccc43)c2)n1. The topological polar surface area (TPSA) is 74.7 Å². The zero-order chi connectivity index (χ0) is 37.8. The molecule has 0 radical (unpaired) electrons. The quantitative estimate of drug-likeness (QED) is 0.167. The minimum atomic E-state index is 0.549. The number of hydrogen-bond donors (Lipinski definition) is 0. The number of hydrogen-bond acceptors (Lipinski definition) is 3. The molecule has 56 heavy (non-hydrogen) atoms. The van der Waals surface area contributed by atoms with Crippen molar-refractivity contribution in [1.29, 1.82) is 10.5 Å². The normalized spacial score (nSPS) is 11.2. The second-order valence-electron chi connectivity index (χ2n) is 13.7. The Kier molecular flexibility index (Phi) is 7.53. The number of nitriles is 2. The fourth-order valence-electron chi connectivity index (χ4n) is 8.04. The van der Waals surface area contributed by atoms with Gasteiger partial charge in [0.2, 0.25) is 0 Å². The largest absolute Gasteiger partial charge is 0.309 e. The average molecular weight is 713 g/mol. The van der Waals surface area contributed by atoms with E-state index >= 15 is 0 Å². The zero-order valence-electron chi connectivity index (χ0n) is 29.8. The summed E-state index contributed by atoms with van der Waals surface area (Å²) < 4.78 is 4.52. The highest BCUT2D eigenvalue weighted by atomic mass is 15.0. The fourth-order valence-corrected chi connectivity index (χ4v) is 8.04. The molecule has 0 N–H and O–H groups in total. The molecule has 6 heteroatoms. The Morgan fingerprint density at radius 2 is 1.04 bits per heavy atom. The first kappa shape index (κ1) is 32.4. The number of pyridine rings is 1. The van der Waals surface area contributed by atoms with E-state index in [1.54, 1.807) is 0 Å². The summed E-state index contributed by atoms with van der Waals surface area (Å²) in [7, 11) is 0. The van der Waals surface area contributed by atoms with E-state index < -0.39 is 0 Å². The van der Waals surface area contributed by atoms with Gasteiger partial charge in [0.1, 0.15) is 0 Å². The Bertz CT molecular complexity index is 3280. The summed E-state index contributed by atoms with van der Waals surface area (Å²) in [5, 5.41) is 23.8. The van der Waals surface area contributed by atoms with Crippen molar-refractivity contribution >= 4 is 49.3 Å². The second kappa shape index (κ2) is 13.0. The molecular weight excluding hydrogens is 685 g/mol. The van der Waals surface area contributed by atoms with Crippen molar-refractivity contribution in [3.63, 3.8) is 0 Å². The van der Waals surface area contributed by atoms with Crippen LogP contribution in [-0.2, 0) is 0 Å². The van der Waals surface area contributed by atoms with Crippen molar-refractivity contribution < 1.29 is 0 Å². The van der Waals surface area contributed by atoms with Gasteiger partial charge in [0.05, 0.1) is 63.3 Å². The summed E-state index contributed by atoms with van der Waals surface area (Å²) in [5.41, 5.74) is 13.0. The third-order valence-corrected chi connectivity index (χ3v) is 10.6. The van der Waals surface area contributed by atoms with Crippen molar-refractivity contribution in [1.82, 2.24) is 14.1 Å². The van der Waals surface area contributed by atoms with Crippen LogP contribution in [0.5, 0.6) is 0 Å². The van der Waals surface area contributed by atoms with Crippen LogP contribution in [-0.4, -0.2) is 14.1 Å². The van der Waals surface area contributed by atoms with Crippen molar-refractivity contribution in [3.05, 3.63) is 192 Å². The van der Waals surface area contributed by atoms with Gasteiger partial charge >= 0.3 is 0 Å². The molecule has 10 aromatic rings. The van der Waals surface area contributed by atoms with Crippen LogP contribution in [0.4, 0.5) is 5.69 Å². The molecule has 3 aromatic heterocycles. The number of aromatic nitrogens is 3. The molecule has 0 saturated carbocycles. The highest BCUT2D eigenvalue weighted by Crippen LogP contribution is 2.40. The number of fused-ring (bicyclic) bond motifs is 6. The Morgan fingerprint density at radius 3 is 1.77 bits per heavy atom. The molecule has 7 aromatic carbocycles. The molecule has 0 spiro atoms. The lowest BCUT2D eigenvalue weighted by molar-refractivity contribution is 1.18. The molecule has 0 aliphatic rings. The second-order valence-corrected chi connectivity index (χ2v) is 13.7. The van der Waals surface area contributed by atoms with Gasteiger partial charge in [-0.05, 0) is 108 Å². The average Bonchev–Trinajstić information content (AvgIpc) is 3.78. The van der Waals surface area contributed by atoms with Crippen LogP contribution in [0.25, 0.3) is 93.5 Å². The molecular formula is C50H28N6. The van der Waals surface area contributed by atoms with Gasteiger partial charge in [-0.2, -0.15) is 10.5 Å². The maximum absolute atomic E-state index is 9.83. The van der Waals surface area contributed by atoms with Gasteiger partial charge in [0.25, 0.3) is 0 Å². The van der Waals surface area contributed by atoms with Gasteiger partial charge in [0.15, 0.2) is 5.69 Å². The molecule has 0 aliphatic heterocycles. The predicted octanol–water partition coefficient (Wildman–Crippen LogP) is 12.6. The van der Waals surface area contributed by atoms with Gasteiger partial charge in [-0.25, -0.2) is 9.83 Å². The number of rotatable bonds is 5. The summed E-state index contributed by atoms with van der Waals surface area (Å²) in [6, 6.07) is 61.7. The van der Waals surface area contributed by atoms with Gasteiger partial charge in [0, 0.05) is 44.0 Å². The third-order valence-electron chi connectivity index (χ3n) is 10.6. The molecule has 258 valence electrons. The summed E-state index contributed by atoms with van der Waals surface area (Å²) in [4.78, 5) is 8.91. The smallest absolute Gasteiger partial charge is 0.196 e. The Labute approximate surface area is 322 Å². The fraction of sp³-hybridized carbons (Fsp3) is 0. The highest BCUT2D eigenvalue weighted by molar-refractivity contribution is 6.12. The van der Waals surface area contributed by atoms with Gasteiger partial charge in [-0.3, -0.25) is 0 Å². The molecule has 0 atom stereocenters. The first-order valence-corrected chi connectivity index (χ1v) is 18.2. The lowest BCUT2D eigenvalue weighted by atomic mass is 9.98. The number of benzene rings is 7. The first-order valence-electron chi connectivity index (χ1n) is 18.2. The molecule has 3 heterocycles. The zero-order valence-corrected chi connectivity index (χ0v) is 29.8. The van der Waals surface area contributed by atoms with E-state index in [-0.39, 0.29) is 0 Å². The standard InChI is InChI=1S/C50H28N6/c1-53-45-14-7-5-13-40(45)46-16-9-15-44(54-46)36-26-35(34-20-23-50-43(29-34)39-12-6-8-17-47(39)55(50)37-10-3-2-4-11-37)27-38(28-36)56-48-21-18-32(30-51)24-41(48)42-25-33(31-52)19-22-49(42)56/h2-29H. The Balaban J connectivity index is 1.24. The molecule has 0 unspecified atom stereocenters. The van der Waals surface area contributed by atoms with E-state index in [1.165, 1.54) is 5.39 Å². The maximum atomic E-state index is 9.83. The molecule has 0 fully saturated rings. The lowest BCUT2D eigenvalue weighted by Crippen LogP contribution is -1.97. The van der Waals surface area contributed by atoms with E-state index in [0.29, 0.717) is 16.8 Å². The van der Waals surface area contributed by atoms with Crippen LogP contribution in [0.15, 0.2) is 170 Å². The predicted molar refractivity (Wildman–Crippen MR) is 225 cm³/mol. The van der Waals surface area contributed by atoms with Crippen molar-refractivity contribution in [2.24, 2.45) is 0 Å². The van der Waals surface area contributed by atoms with Crippen molar-refractivity contribution in [2.75, 3.05) is 0 Å². The van der Waals surface area contributed by atoms with Crippen LogP contribution < -0.4 is 0 Å². The molecule has 6 nitrogen and oxygen atoms in total. The highest BCUT2D eigenvalue weighted by Gasteiger charge is 2.18.